The van der Waals surface area contributed by atoms with Crippen molar-refractivity contribution in [2.24, 2.45) is 0 Å². The lowest BCUT2D eigenvalue weighted by molar-refractivity contribution is -0.129. The number of hydrogen-bond donors (Lipinski definition) is 3. The Morgan fingerprint density at radius 3 is 2.63 bits per heavy atom. The average Bonchev–Trinajstić information content (AvgIpc) is 3.07. The summed E-state index contributed by atoms with van der Waals surface area (Å²) < 4.78 is 25.7. The molecule has 0 aliphatic carbocycles. The molecule has 3 N–H and O–H groups in total. The lowest BCUT2D eigenvalue weighted by atomic mass is 10.0. The second kappa shape index (κ2) is 7.63. The van der Waals surface area contributed by atoms with Crippen LogP contribution in [0.5, 0.6) is 5.75 Å². The number of nitrogens with zero attached hydrogens (tertiary/aromatic N) is 1. The number of aromatic hydroxyl groups is 1. The summed E-state index contributed by atoms with van der Waals surface area (Å²) >= 11 is 1.18. The maximum Gasteiger partial charge on any atom is 0.335 e. The predicted octanol–water partition coefficient (Wildman–Crippen LogP) is 2.71. The van der Waals surface area contributed by atoms with Crippen molar-refractivity contribution >= 4 is 44.4 Å². The average molecular weight is 444 g/mol. The number of carboxylic acid groups (broad SMARTS) is 1. The summed E-state index contributed by atoms with van der Waals surface area (Å²) in [5.74, 6) is -1.78. The third kappa shape index (κ3) is 3.60. The van der Waals surface area contributed by atoms with Crippen molar-refractivity contribution < 1.29 is 28.2 Å². The summed E-state index contributed by atoms with van der Waals surface area (Å²) in [6, 6.07) is 15.4. The number of sulfonamides is 1. The fourth-order valence-electron chi connectivity index (χ4n) is 3.26. The van der Waals surface area contributed by atoms with Crippen molar-refractivity contribution in [2.75, 3.05) is 5.75 Å². The van der Waals surface area contributed by atoms with E-state index in [9.17, 15) is 23.1 Å². The summed E-state index contributed by atoms with van der Waals surface area (Å²) in [7, 11) is -4.24. The molecule has 3 aromatic carbocycles. The molecule has 0 unspecified atom stereocenters. The first-order valence-electron chi connectivity index (χ1n) is 8.78. The molecule has 1 aliphatic heterocycles. The number of thioether (sulfide) groups is 1. The van der Waals surface area contributed by atoms with Crippen LogP contribution in [-0.2, 0) is 14.8 Å². The number of nitrogens with one attached hydrogen (secondary N) is 1. The molecule has 0 radical (unpaired) electrons. The number of phenols is 1. The molecule has 1 heterocycles. The SMILES string of the molecule is O=C(O)c1cccc(S(=O)(=O)NN2C(=O)CS[C@@H]2c2c(O)ccc3ccccc23)c1. The van der Waals surface area contributed by atoms with E-state index in [1.165, 1.54) is 36.0 Å². The molecule has 0 spiro atoms. The van der Waals surface area contributed by atoms with Crippen LogP contribution in [0.2, 0.25) is 0 Å². The first-order chi connectivity index (χ1) is 14.3. The van der Waals surface area contributed by atoms with Crippen LogP contribution in [0.15, 0.2) is 65.6 Å². The number of rotatable bonds is 5. The van der Waals surface area contributed by atoms with Crippen molar-refractivity contribution in [2.45, 2.75) is 10.3 Å². The van der Waals surface area contributed by atoms with Crippen LogP contribution in [0.3, 0.4) is 0 Å². The van der Waals surface area contributed by atoms with E-state index in [-0.39, 0.29) is 22.0 Å². The van der Waals surface area contributed by atoms with Gasteiger partial charge in [-0.3, -0.25) is 4.79 Å². The van der Waals surface area contributed by atoms with E-state index in [4.69, 9.17) is 5.11 Å². The van der Waals surface area contributed by atoms with Crippen molar-refractivity contribution in [3.8, 4) is 5.75 Å². The third-order valence-electron chi connectivity index (χ3n) is 4.67. The molecule has 0 bridgehead atoms. The zero-order valence-electron chi connectivity index (χ0n) is 15.3. The van der Waals surface area contributed by atoms with Crippen molar-refractivity contribution in [1.29, 1.82) is 0 Å². The minimum Gasteiger partial charge on any atom is -0.508 e. The molecule has 8 nitrogen and oxygen atoms in total. The highest BCUT2D eigenvalue weighted by Crippen LogP contribution is 2.44. The van der Waals surface area contributed by atoms with Gasteiger partial charge in [-0.15, -0.1) is 16.6 Å². The van der Waals surface area contributed by atoms with Gasteiger partial charge in [-0.25, -0.2) is 18.2 Å². The molecule has 4 rings (SSSR count). The van der Waals surface area contributed by atoms with Crippen LogP contribution in [0, 0.1) is 0 Å². The number of fused-ring (bicyclic) bond motifs is 1. The second-order valence-electron chi connectivity index (χ2n) is 6.57. The predicted molar refractivity (Wildman–Crippen MR) is 111 cm³/mol. The standard InChI is InChI=1S/C20H16N2O6S2/c23-16-9-8-12-4-1-2-7-15(12)18(16)19-22(17(24)11-29-19)21-30(27,28)14-6-3-5-13(10-14)20(25)26/h1-10,19,21,23H,11H2,(H,25,26)/t19-/m1/s1. The molecule has 1 saturated heterocycles. The van der Waals surface area contributed by atoms with E-state index < -0.39 is 27.3 Å². The number of phenolic OH excluding ortho intramolecular Hbond substituents is 1. The number of hydrogen-bond acceptors (Lipinski definition) is 6. The minimum atomic E-state index is -4.24. The Morgan fingerprint density at radius 1 is 1.10 bits per heavy atom. The molecular weight excluding hydrogens is 428 g/mol. The van der Waals surface area contributed by atoms with Crippen LogP contribution in [0.25, 0.3) is 10.8 Å². The van der Waals surface area contributed by atoms with Gasteiger partial charge in [0.2, 0.25) is 5.91 Å². The van der Waals surface area contributed by atoms with Crippen molar-refractivity contribution in [3.63, 3.8) is 0 Å². The molecule has 1 aliphatic rings. The molecular formula is C20H16N2O6S2. The number of amides is 1. The lowest BCUT2D eigenvalue weighted by Crippen LogP contribution is -2.44. The number of carbonyl (C=O) groups excluding carboxylic acids is 1. The number of benzene rings is 3. The Hall–Kier alpha value is -3.08. The topological polar surface area (TPSA) is 124 Å². The summed E-state index contributed by atoms with van der Waals surface area (Å²) in [5, 5.41) is 21.3. The number of carboxylic acids is 1. The second-order valence-corrected chi connectivity index (χ2v) is 9.30. The summed E-state index contributed by atoms with van der Waals surface area (Å²) in [5.41, 5.74) is 0.231. The Bertz CT molecular complexity index is 1280. The highest BCUT2D eigenvalue weighted by Gasteiger charge is 2.38. The molecule has 10 heteroatoms. The summed E-state index contributed by atoms with van der Waals surface area (Å²) in [6.07, 6.45) is 0. The van der Waals surface area contributed by atoms with Gasteiger partial charge in [-0.1, -0.05) is 36.4 Å². The zero-order chi connectivity index (χ0) is 21.5. The largest absolute Gasteiger partial charge is 0.508 e. The normalized spacial score (nSPS) is 16.9. The van der Waals surface area contributed by atoms with Gasteiger partial charge in [0.05, 0.1) is 16.2 Å². The quantitative estimate of drug-likeness (QED) is 0.553. The van der Waals surface area contributed by atoms with Gasteiger partial charge in [0, 0.05) is 5.56 Å². The van der Waals surface area contributed by atoms with E-state index in [0.717, 1.165) is 16.5 Å². The number of hydrazine groups is 1. The zero-order valence-corrected chi connectivity index (χ0v) is 17.0. The Labute approximate surface area is 176 Å². The third-order valence-corrected chi connectivity index (χ3v) is 7.16. The minimum absolute atomic E-state index is 0.0189. The molecule has 1 amide bonds. The van der Waals surface area contributed by atoms with Gasteiger partial charge in [-0.05, 0) is 35.0 Å². The first-order valence-corrected chi connectivity index (χ1v) is 11.3. The highest BCUT2D eigenvalue weighted by atomic mass is 32.2. The van der Waals surface area contributed by atoms with Crippen LogP contribution in [0.4, 0.5) is 0 Å². The monoisotopic (exact) mass is 444 g/mol. The Morgan fingerprint density at radius 2 is 1.87 bits per heavy atom. The summed E-state index contributed by atoms with van der Waals surface area (Å²) in [6.45, 7) is 0. The van der Waals surface area contributed by atoms with Gasteiger partial charge in [0.25, 0.3) is 10.0 Å². The van der Waals surface area contributed by atoms with Gasteiger partial charge in [-0.2, -0.15) is 0 Å². The van der Waals surface area contributed by atoms with E-state index in [2.05, 4.69) is 4.83 Å². The molecule has 154 valence electrons. The van der Waals surface area contributed by atoms with Crippen LogP contribution < -0.4 is 4.83 Å². The highest BCUT2D eigenvalue weighted by molar-refractivity contribution is 8.00. The van der Waals surface area contributed by atoms with Gasteiger partial charge in [0.1, 0.15) is 11.1 Å². The fourth-order valence-corrected chi connectivity index (χ4v) is 5.61. The smallest absolute Gasteiger partial charge is 0.335 e. The summed E-state index contributed by atoms with van der Waals surface area (Å²) in [4.78, 5) is 25.6. The van der Waals surface area contributed by atoms with Crippen LogP contribution >= 0.6 is 11.8 Å². The number of carbonyl (C=O) groups is 2. The molecule has 1 fully saturated rings. The lowest BCUT2D eigenvalue weighted by Gasteiger charge is -2.26. The Balaban J connectivity index is 1.74. The fraction of sp³-hybridized carbons (Fsp3) is 0.100. The van der Waals surface area contributed by atoms with E-state index in [0.29, 0.717) is 10.9 Å². The van der Waals surface area contributed by atoms with Gasteiger partial charge < -0.3 is 10.2 Å². The molecule has 0 aromatic heterocycles. The molecule has 3 aromatic rings. The maximum atomic E-state index is 12.9. The van der Waals surface area contributed by atoms with Gasteiger partial charge in [0.15, 0.2) is 0 Å². The molecule has 1 atom stereocenters. The maximum absolute atomic E-state index is 12.9. The van der Waals surface area contributed by atoms with E-state index in [1.807, 2.05) is 12.1 Å². The number of aromatic carboxylic acids is 1. The van der Waals surface area contributed by atoms with Crippen molar-refractivity contribution in [1.82, 2.24) is 9.84 Å². The van der Waals surface area contributed by atoms with Crippen LogP contribution in [-0.4, -0.2) is 41.3 Å². The van der Waals surface area contributed by atoms with Crippen LogP contribution in [0.1, 0.15) is 21.3 Å². The first kappa shape index (κ1) is 20.2. The van der Waals surface area contributed by atoms with E-state index in [1.54, 1.807) is 18.2 Å². The van der Waals surface area contributed by atoms with Gasteiger partial charge >= 0.3 is 5.97 Å². The van der Waals surface area contributed by atoms with E-state index >= 15 is 0 Å². The molecule has 30 heavy (non-hydrogen) atoms. The van der Waals surface area contributed by atoms with Crippen molar-refractivity contribution in [3.05, 3.63) is 71.8 Å². The Kier molecular flexibility index (Phi) is 5.14. The molecule has 0 saturated carbocycles.